The van der Waals surface area contributed by atoms with Crippen molar-refractivity contribution in [2.75, 3.05) is 46.1 Å². The first-order valence-electron chi connectivity index (χ1n) is 9.78. The summed E-state index contributed by atoms with van der Waals surface area (Å²) in [5.74, 6) is 1.86. The maximum atomic E-state index is 5.61. The van der Waals surface area contributed by atoms with Crippen LogP contribution in [0.5, 0.6) is 0 Å². The zero-order valence-corrected chi connectivity index (χ0v) is 15.4. The van der Waals surface area contributed by atoms with E-state index < -0.39 is 0 Å². The molecule has 0 radical (unpaired) electrons. The van der Waals surface area contributed by atoms with E-state index in [1.54, 1.807) is 0 Å². The van der Waals surface area contributed by atoms with E-state index in [1.807, 2.05) is 12.3 Å². The number of aromatic nitrogens is 4. The molecule has 2 aliphatic heterocycles. The number of aromatic amines is 1. The standard InChI is InChI=1S/C20H25N5O2/c1-2-4-18-16(3-1)17(13-21-18)20-22-19(5-7-24-8-11-26-12-9-24)25(23-20)15-6-10-27-14-15/h1-4,13,15,21H,5-12,14H2. The molecule has 7 heteroatoms. The summed E-state index contributed by atoms with van der Waals surface area (Å²) in [5.41, 5.74) is 2.18. The molecule has 5 rings (SSSR count). The second kappa shape index (κ2) is 7.42. The summed E-state index contributed by atoms with van der Waals surface area (Å²) in [6, 6.07) is 8.59. The van der Waals surface area contributed by atoms with Gasteiger partial charge >= 0.3 is 0 Å². The van der Waals surface area contributed by atoms with Gasteiger partial charge in [-0.05, 0) is 12.5 Å². The Kier molecular flexibility index (Phi) is 4.65. The van der Waals surface area contributed by atoms with E-state index in [0.29, 0.717) is 0 Å². The third-order valence-corrected chi connectivity index (χ3v) is 5.54. The van der Waals surface area contributed by atoms with E-state index in [9.17, 15) is 0 Å². The van der Waals surface area contributed by atoms with Crippen LogP contribution in [0, 0.1) is 0 Å². The molecule has 2 aromatic heterocycles. The van der Waals surface area contributed by atoms with Crippen molar-refractivity contribution in [1.29, 1.82) is 0 Å². The molecule has 1 atom stereocenters. The zero-order chi connectivity index (χ0) is 18.1. The summed E-state index contributed by atoms with van der Waals surface area (Å²) in [6.45, 7) is 6.15. The van der Waals surface area contributed by atoms with E-state index in [4.69, 9.17) is 19.6 Å². The zero-order valence-electron chi connectivity index (χ0n) is 15.4. The molecule has 27 heavy (non-hydrogen) atoms. The largest absolute Gasteiger partial charge is 0.379 e. The molecule has 0 saturated carbocycles. The summed E-state index contributed by atoms with van der Waals surface area (Å²) < 4.78 is 13.2. The van der Waals surface area contributed by atoms with Crippen LogP contribution < -0.4 is 0 Å². The Bertz CT molecular complexity index is 906. The van der Waals surface area contributed by atoms with Crippen molar-refractivity contribution in [2.24, 2.45) is 0 Å². The van der Waals surface area contributed by atoms with Gasteiger partial charge in [0.1, 0.15) is 5.82 Å². The minimum Gasteiger partial charge on any atom is -0.379 e. The lowest BCUT2D eigenvalue weighted by molar-refractivity contribution is 0.0380. The van der Waals surface area contributed by atoms with Crippen LogP contribution in [0.2, 0.25) is 0 Å². The topological polar surface area (TPSA) is 68.2 Å². The molecule has 1 N–H and O–H groups in total. The van der Waals surface area contributed by atoms with Crippen LogP contribution in [0.4, 0.5) is 0 Å². The molecule has 142 valence electrons. The highest BCUT2D eigenvalue weighted by Crippen LogP contribution is 2.28. The highest BCUT2D eigenvalue weighted by molar-refractivity contribution is 5.93. The lowest BCUT2D eigenvalue weighted by atomic mass is 10.2. The Morgan fingerprint density at radius 3 is 2.85 bits per heavy atom. The van der Waals surface area contributed by atoms with E-state index >= 15 is 0 Å². The Hall–Kier alpha value is -2.22. The maximum absolute atomic E-state index is 5.61. The van der Waals surface area contributed by atoms with Gasteiger partial charge in [0, 0.05) is 55.3 Å². The molecule has 0 spiro atoms. The number of hydrogen-bond acceptors (Lipinski definition) is 5. The van der Waals surface area contributed by atoms with E-state index in [0.717, 1.165) is 87.0 Å². The Morgan fingerprint density at radius 2 is 2.00 bits per heavy atom. The van der Waals surface area contributed by atoms with Crippen LogP contribution in [-0.2, 0) is 15.9 Å². The van der Waals surface area contributed by atoms with Crippen LogP contribution in [0.3, 0.4) is 0 Å². The van der Waals surface area contributed by atoms with Gasteiger partial charge in [0.05, 0.1) is 25.9 Å². The van der Waals surface area contributed by atoms with Gasteiger partial charge in [-0.1, -0.05) is 18.2 Å². The van der Waals surface area contributed by atoms with Crippen molar-refractivity contribution in [3.05, 3.63) is 36.3 Å². The number of para-hydroxylation sites is 1. The van der Waals surface area contributed by atoms with Gasteiger partial charge in [0.25, 0.3) is 0 Å². The predicted molar refractivity (Wildman–Crippen MR) is 103 cm³/mol. The van der Waals surface area contributed by atoms with Gasteiger partial charge in [-0.15, -0.1) is 0 Å². The highest BCUT2D eigenvalue weighted by atomic mass is 16.5. The molecule has 2 saturated heterocycles. The normalized spacial score (nSPS) is 21.3. The molecular weight excluding hydrogens is 342 g/mol. The Balaban J connectivity index is 1.45. The fraction of sp³-hybridized carbons (Fsp3) is 0.500. The fourth-order valence-corrected chi connectivity index (χ4v) is 3.99. The third-order valence-electron chi connectivity index (χ3n) is 5.54. The van der Waals surface area contributed by atoms with Gasteiger partial charge in [0.15, 0.2) is 5.82 Å². The number of rotatable bonds is 5. The van der Waals surface area contributed by atoms with Crippen molar-refractivity contribution in [3.8, 4) is 11.4 Å². The van der Waals surface area contributed by atoms with Crippen LogP contribution in [0.25, 0.3) is 22.3 Å². The monoisotopic (exact) mass is 367 g/mol. The first-order chi connectivity index (χ1) is 13.4. The van der Waals surface area contributed by atoms with Gasteiger partial charge in [-0.3, -0.25) is 4.90 Å². The van der Waals surface area contributed by atoms with Crippen LogP contribution in [0.15, 0.2) is 30.5 Å². The maximum Gasteiger partial charge on any atom is 0.183 e. The number of H-pyrrole nitrogens is 1. The summed E-state index contributed by atoms with van der Waals surface area (Å²) >= 11 is 0. The number of ether oxygens (including phenoxy) is 2. The van der Waals surface area contributed by atoms with Crippen molar-refractivity contribution in [1.82, 2.24) is 24.6 Å². The number of benzene rings is 1. The van der Waals surface area contributed by atoms with Gasteiger partial charge in [-0.25, -0.2) is 9.67 Å². The summed E-state index contributed by atoms with van der Waals surface area (Å²) in [4.78, 5) is 10.7. The second-order valence-electron chi connectivity index (χ2n) is 7.27. The average Bonchev–Trinajstić information content (AvgIpc) is 3.45. The predicted octanol–water partition coefficient (Wildman–Crippen LogP) is 2.26. The smallest absolute Gasteiger partial charge is 0.183 e. The van der Waals surface area contributed by atoms with Gasteiger partial charge in [0.2, 0.25) is 0 Å². The fourth-order valence-electron chi connectivity index (χ4n) is 3.99. The molecule has 3 aromatic rings. The van der Waals surface area contributed by atoms with Crippen LogP contribution in [0.1, 0.15) is 18.3 Å². The van der Waals surface area contributed by atoms with Gasteiger partial charge in [-0.2, -0.15) is 5.10 Å². The molecule has 0 aliphatic carbocycles. The minimum atomic E-state index is 0.288. The summed E-state index contributed by atoms with van der Waals surface area (Å²) in [7, 11) is 0. The highest BCUT2D eigenvalue weighted by Gasteiger charge is 2.24. The first kappa shape index (κ1) is 16.9. The summed E-state index contributed by atoms with van der Waals surface area (Å²) in [5, 5.41) is 6.07. The van der Waals surface area contributed by atoms with E-state index in [-0.39, 0.29) is 6.04 Å². The van der Waals surface area contributed by atoms with Crippen LogP contribution in [-0.4, -0.2) is 70.7 Å². The summed E-state index contributed by atoms with van der Waals surface area (Å²) in [6.07, 6.45) is 3.91. The first-order valence-corrected chi connectivity index (χ1v) is 9.78. The average molecular weight is 367 g/mol. The number of nitrogens with one attached hydrogen (secondary N) is 1. The molecule has 0 bridgehead atoms. The number of morpholine rings is 1. The molecule has 2 aliphatic rings. The molecule has 1 unspecified atom stereocenters. The minimum absolute atomic E-state index is 0.288. The third kappa shape index (κ3) is 3.38. The molecule has 2 fully saturated rings. The lowest BCUT2D eigenvalue weighted by Gasteiger charge is -2.26. The molecule has 0 amide bonds. The van der Waals surface area contributed by atoms with E-state index in [1.165, 1.54) is 0 Å². The molecule has 7 nitrogen and oxygen atoms in total. The number of hydrogen-bond donors (Lipinski definition) is 1. The molecule has 4 heterocycles. The quantitative estimate of drug-likeness (QED) is 0.749. The van der Waals surface area contributed by atoms with Crippen molar-refractivity contribution in [2.45, 2.75) is 18.9 Å². The second-order valence-corrected chi connectivity index (χ2v) is 7.27. The molecular formula is C20H25N5O2. The number of nitrogens with zero attached hydrogens (tertiary/aromatic N) is 4. The van der Waals surface area contributed by atoms with Gasteiger partial charge < -0.3 is 14.5 Å². The lowest BCUT2D eigenvalue weighted by Crippen LogP contribution is -2.37. The number of fused-ring (bicyclic) bond motifs is 1. The van der Waals surface area contributed by atoms with Crippen molar-refractivity contribution >= 4 is 10.9 Å². The van der Waals surface area contributed by atoms with Crippen molar-refractivity contribution < 1.29 is 9.47 Å². The van der Waals surface area contributed by atoms with E-state index in [2.05, 4.69) is 32.8 Å². The SMILES string of the molecule is c1ccc2c(-c3nc(CCN4CCOCC4)n(C4CCOC4)n3)c[nH]c2c1. The Labute approximate surface area is 158 Å². The molecule has 1 aromatic carbocycles. The van der Waals surface area contributed by atoms with Crippen LogP contribution >= 0.6 is 0 Å². The Morgan fingerprint density at radius 1 is 1.11 bits per heavy atom. The van der Waals surface area contributed by atoms with Crippen molar-refractivity contribution in [3.63, 3.8) is 0 Å².